The van der Waals surface area contributed by atoms with E-state index in [1.165, 1.54) is 22.7 Å². The molecule has 3 N–H and O–H groups in total. The summed E-state index contributed by atoms with van der Waals surface area (Å²) in [7, 11) is 0. The van der Waals surface area contributed by atoms with E-state index in [0.29, 0.717) is 0 Å². The van der Waals surface area contributed by atoms with Gasteiger partial charge in [0.05, 0.1) is 6.54 Å². The van der Waals surface area contributed by atoms with Gasteiger partial charge in [0, 0.05) is 16.3 Å². The van der Waals surface area contributed by atoms with Crippen LogP contribution in [0.15, 0.2) is 22.2 Å². The summed E-state index contributed by atoms with van der Waals surface area (Å²) >= 11 is 2.88. The zero-order valence-electron chi connectivity index (χ0n) is 10.7. The molecular formula is C12H11N3O4S2. The summed E-state index contributed by atoms with van der Waals surface area (Å²) in [4.78, 5) is 37.5. The molecule has 0 saturated carbocycles. The molecule has 0 aliphatic carbocycles. The highest BCUT2D eigenvalue weighted by atomic mass is 32.1. The Hall–Kier alpha value is -2.26. The van der Waals surface area contributed by atoms with Gasteiger partial charge in [-0.2, -0.15) is 11.3 Å². The number of nitrogens with zero attached hydrogens (tertiary/aromatic N) is 1. The van der Waals surface area contributed by atoms with Crippen LogP contribution in [0.2, 0.25) is 0 Å². The van der Waals surface area contributed by atoms with Gasteiger partial charge in [0.15, 0.2) is 0 Å². The van der Waals surface area contributed by atoms with Gasteiger partial charge in [0.2, 0.25) is 5.91 Å². The Labute approximate surface area is 127 Å². The number of carboxylic acids is 1. The van der Waals surface area contributed by atoms with Crippen molar-refractivity contribution < 1.29 is 19.5 Å². The maximum absolute atomic E-state index is 11.8. The average Bonchev–Trinajstić information content (AvgIpc) is 3.11. The summed E-state index contributed by atoms with van der Waals surface area (Å²) in [5.41, 5.74) is 1.18. The summed E-state index contributed by atoms with van der Waals surface area (Å²) in [6.07, 6.45) is 0. The number of carbonyl (C=O) groups is 3. The minimum absolute atomic E-state index is 0.229. The summed E-state index contributed by atoms with van der Waals surface area (Å²) in [6.45, 7) is -0.773. The molecule has 0 aliphatic rings. The molecule has 9 heteroatoms. The topological polar surface area (TPSA) is 108 Å². The molecule has 21 heavy (non-hydrogen) atoms. The van der Waals surface area contributed by atoms with Gasteiger partial charge in [-0.3, -0.25) is 14.4 Å². The smallest absolute Gasteiger partial charge is 0.322 e. The molecule has 110 valence electrons. The number of amides is 2. The molecular weight excluding hydrogens is 314 g/mol. The standard InChI is InChI=1S/C12H11N3O4S2/c16-9(13-4-10(17)18)3-14-11(19)8-6-21-12(15-8)7-1-2-20-5-7/h1-2,5-6H,3-4H2,(H,13,16)(H,14,19)(H,17,18). The lowest BCUT2D eigenvalue weighted by Crippen LogP contribution is -2.39. The van der Waals surface area contributed by atoms with E-state index < -0.39 is 24.3 Å². The first kappa shape index (κ1) is 15.1. The van der Waals surface area contributed by atoms with Crippen LogP contribution in [0.25, 0.3) is 10.6 Å². The monoisotopic (exact) mass is 325 g/mol. The van der Waals surface area contributed by atoms with E-state index in [2.05, 4.69) is 15.6 Å². The van der Waals surface area contributed by atoms with Crippen molar-refractivity contribution in [2.24, 2.45) is 0 Å². The van der Waals surface area contributed by atoms with Gasteiger partial charge in [-0.15, -0.1) is 11.3 Å². The molecule has 0 fully saturated rings. The van der Waals surface area contributed by atoms with Crippen LogP contribution < -0.4 is 10.6 Å². The van der Waals surface area contributed by atoms with Crippen molar-refractivity contribution in [3.05, 3.63) is 27.9 Å². The number of carboxylic acid groups (broad SMARTS) is 1. The molecule has 0 saturated heterocycles. The molecule has 0 aliphatic heterocycles. The molecule has 7 nitrogen and oxygen atoms in total. The van der Waals surface area contributed by atoms with Gasteiger partial charge in [-0.25, -0.2) is 4.98 Å². The molecule has 2 amide bonds. The van der Waals surface area contributed by atoms with Crippen molar-refractivity contribution in [2.45, 2.75) is 0 Å². The van der Waals surface area contributed by atoms with Crippen molar-refractivity contribution in [2.75, 3.05) is 13.1 Å². The number of rotatable bonds is 6. The SMILES string of the molecule is O=C(O)CNC(=O)CNC(=O)c1csc(-c2ccsc2)n1. The normalized spacial score (nSPS) is 10.1. The van der Waals surface area contributed by atoms with E-state index in [-0.39, 0.29) is 12.2 Å². The first-order valence-electron chi connectivity index (χ1n) is 5.81. The Morgan fingerprint density at radius 1 is 1.19 bits per heavy atom. The number of carbonyl (C=O) groups excluding carboxylic acids is 2. The van der Waals surface area contributed by atoms with Crippen LogP contribution in [0.3, 0.4) is 0 Å². The number of thiazole rings is 1. The van der Waals surface area contributed by atoms with Gasteiger partial charge < -0.3 is 15.7 Å². The quantitative estimate of drug-likeness (QED) is 0.728. The number of aromatic nitrogens is 1. The van der Waals surface area contributed by atoms with Crippen LogP contribution in [-0.4, -0.2) is 41.0 Å². The molecule has 0 spiro atoms. The number of hydrogen-bond donors (Lipinski definition) is 3. The molecule has 0 atom stereocenters. The number of thiophene rings is 1. The Kier molecular flexibility index (Phi) is 5.01. The molecule has 2 aromatic rings. The summed E-state index contributed by atoms with van der Waals surface area (Å²) < 4.78 is 0. The third kappa shape index (κ3) is 4.36. The lowest BCUT2D eigenvalue weighted by Gasteiger charge is -2.03. The predicted octanol–water partition coefficient (Wildman–Crippen LogP) is 0.802. The van der Waals surface area contributed by atoms with E-state index in [4.69, 9.17) is 5.11 Å². The Morgan fingerprint density at radius 3 is 2.67 bits per heavy atom. The summed E-state index contributed by atoms with van der Waals surface area (Å²) in [5, 5.41) is 19.1. The van der Waals surface area contributed by atoms with Crippen LogP contribution in [0, 0.1) is 0 Å². The average molecular weight is 325 g/mol. The molecule has 0 aromatic carbocycles. The van der Waals surface area contributed by atoms with Crippen LogP contribution in [-0.2, 0) is 9.59 Å². The van der Waals surface area contributed by atoms with Crippen LogP contribution in [0.4, 0.5) is 0 Å². The van der Waals surface area contributed by atoms with E-state index in [1.54, 1.807) is 5.38 Å². The fourth-order valence-corrected chi connectivity index (χ4v) is 2.90. The zero-order valence-corrected chi connectivity index (χ0v) is 12.3. The molecule has 0 radical (unpaired) electrons. The van der Waals surface area contributed by atoms with Crippen molar-refractivity contribution in [1.29, 1.82) is 0 Å². The number of aliphatic carboxylic acids is 1. The lowest BCUT2D eigenvalue weighted by atomic mass is 10.3. The van der Waals surface area contributed by atoms with Crippen molar-refractivity contribution in [1.82, 2.24) is 15.6 Å². The van der Waals surface area contributed by atoms with Gasteiger partial charge in [-0.1, -0.05) is 0 Å². The van der Waals surface area contributed by atoms with Crippen molar-refractivity contribution in [3.63, 3.8) is 0 Å². The second-order valence-electron chi connectivity index (χ2n) is 3.90. The number of nitrogens with one attached hydrogen (secondary N) is 2. The van der Waals surface area contributed by atoms with Gasteiger partial charge in [-0.05, 0) is 11.4 Å². The Balaban J connectivity index is 1.86. The fourth-order valence-electron chi connectivity index (χ4n) is 1.38. The largest absolute Gasteiger partial charge is 0.480 e. The fraction of sp³-hybridized carbons (Fsp3) is 0.167. The van der Waals surface area contributed by atoms with Crippen LogP contribution in [0.5, 0.6) is 0 Å². The molecule has 2 rings (SSSR count). The summed E-state index contributed by atoms with van der Waals surface area (Å²) in [6, 6.07) is 1.91. The summed E-state index contributed by atoms with van der Waals surface area (Å²) in [5.74, 6) is -2.19. The lowest BCUT2D eigenvalue weighted by molar-refractivity contribution is -0.137. The minimum atomic E-state index is -1.14. The third-order valence-corrected chi connectivity index (χ3v) is 3.93. The van der Waals surface area contributed by atoms with E-state index in [1.807, 2.05) is 16.8 Å². The molecule has 2 aromatic heterocycles. The molecule has 2 heterocycles. The van der Waals surface area contributed by atoms with Crippen LogP contribution in [0.1, 0.15) is 10.5 Å². The molecule has 0 bridgehead atoms. The second-order valence-corrected chi connectivity index (χ2v) is 5.54. The first-order chi connectivity index (χ1) is 10.1. The predicted molar refractivity (Wildman–Crippen MR) is 78.4 cm³/mol. The van der Waals surface area contributed by atoms with E-state index >= 15 is 0 Å². The van der Waals surface area contributed by atoms with Gasteiger partial charge >= 0.3 is 5.97 Å². The first-order valence-corrected chi connectivity index (χ1v) is 7.63. The Morgan fingerprint density at radius 2 is 2.00 bits per heavy atom. The second kappa shape index (κ2) is 6.95. The van der Waals surface area contributed by atoms with E-state index in [0.717, 1.165) is 10.6 Å². The van der Waals surface area contributed by atoms with Crippen molar-refractivity contribution >= 4 is 40.5 Å². The van der Waals surface area contributed by atoms with Crippen molar-refractivity contribution in [3.8, 4) is 10.6 Å². The Bertz CT molecular complexity index is 651. The highest BCUT2D eigenvalue weighted by molar-refractivity contribution is 7.14. The van der Waals surface area contributed by atoms with Gasteiger partial charge in [0.25, 0.3) is 5.91 Å². The molecule has 0 unspecified atom stereocenters. The maximum Gasteiger partial charge on any atom is 0.322 e. The highest BCUT2D eigenvalue weighted by Crippen LogP contribution is 2.25. The maximum atomic E-state index is 11.8. The zero-order chi connectivity index (χ0) is 15.2. The minimum Gasteiger partial charge on any atom is -0.480 e. The number of hydrogen-bond acceptors (Lipinski definition) is 6. The third-order valence-electron chi connectivity index (χ3n) is 2.35. The highest BCUT2D eigenvalue weighted by Gasteiger charge is 2.13. The van der Waals surface area contributed by atoms with Gasteiger partial charge in [0.1, 0.15) is 17.2 Å². The van der Waals surface area contributed by atoms with Crippen LogP contribution >= 0.6 is 22.7 Å². The van der Waals surface area contributed by atoms with E-state index in [9.17, 15) is 14.4 Å².